The lowest BCUT2D eigenvalue weighted by molar-refractivity contribution is -0.132. The van der Waals surface area contributed by atoms with Crippen LogP contribution in [0.3, 0.4) is 0 Å². The molecular formula is C105H134BrCl5F10N9O12P. The lowest BCUT2D eigenvalue weighted by Gasteiger charge is -2.45. The molecule has 0 atom stereocenters. The van der Waals surface area contributed by atoms with Crippen molar-refractivity contribution in [1.29, 1.82) is 0 Å². The molecule has 7 aromatic carbocycles. The van der Waals surface area contributed by atoms with Crippen molar-refractivity contribution in [1.82, 2.24) is 39.6 Å². The zero-order chi connectivity index (χ0) is 108. The van der Waals surface area contributed by atoms with Crippen molar-refractivity contribution in [2.45, 2.75) is 274 Å². The van der Waals surface area contributed by atoms with E-state index >= 15 is 0 Å². The number of amides is 3. The minimum Gasteiger partial charge on any atom is -0.508 e. The average molecular weight is 2190 g/mol. The smallest absolute Gasteiger partial charge is 0.410 e. The quantitative estimate of drug-likeness (QED) is 0.0362. The Bertz CT molecular complexity index is 5740. The van der Waals surface area contributed by atoms with Crippen LogP contribution in [0.4, 0.5) is 59.3 Å². The number of aliphatic hydroxyl groups is 1. The number of piperidine rings is 4. The molecule has 0 bridgehead atoms. The Balaban J connectivity index is 0.000000260. The summed E-state index contributed by atoms with van der Waals surface area (Å²) < 4.78 is 158. The largest absolute Gasteiger partial charge is 0.508 e. The summed E-state index contributed by atoms with van der Waals surface area (Å²) in [7, 11) is 2.65. The van der Waals surface area contributed by atoms with Crippen LogP contribution in [-0.2, 0) is 34.8 Å². The van der Waals surface area contributed by atoms with Gasteiger partial charge in [-0.3, -0.25) is 14.4 Å². The number of nitrogens with one attached hydrogen (secondary N) is 1. The summed E-state index contributed by atoms with van der Waals surface area (Å²) in [6.45, 7) is 54.3. The van der Waals surface area contributed by atoms with E-state index in [-0.39, 0.29) is 113 Å². The number of hydrogen-bond donors (Lipinski definition) is 4. The number of benzene rings is 7. The first kappa shape index (κ1) is 123. The molecule has 4 saturated heterocycles. The molecule has 21 nitrogen and oxygen atoms in total. The number of hydrogen-bond acceptors (Lipinski definition) is 16. The maximum absolute atomic E-state index is 13.4. The zero-order valence-corrected chi connectivity index (χ0v) is 91.7. The number of phenols is 1. The number of nitrogen functional groups attached to an aromatic ring is 1. The molecule has 5 N–H and O–H groups in total. The summed E-state index contributed by atoms with van der Waals surface area (Å²) in [5.41, 5.74) is 18.0. The molecule has 4 fully saturated rings. The number of aromatic nitrogens is 4. The number of aromatic hydroxyl groups is 1. The predicted molar refractivity (Wildman–Crippen MR) is 554 cm³/mol. The highest BCUT2D eigenvalue weighted by atomic mass is 79.9. The second kappa shape index (κ2) is 54.5. The van der Waals surface area contributed by atoms with E-state index < -0.39 is 82.3 Å². The summed E-state index contributed by atoms with van der Waals surface area (Å²) in [5.74, 6) is -8.51. The van der Waals surface area contributed by atoms with Crippen LogP contribution in [0.25, 0.3) is 11.1 Å². The van der Waals surface area contributed by atoms with E-state index in [1.807, 2.05) is 41.5 Å². The van der Waals surface area contributed by atoms with Crippen molar-refractivity contribution >= 4 is 111 Å². The van der Waals surface area contributed by atoms with E-state index in [2.05, 4.69) is 154 Å². The number of rotatable bonds is 13. The van der Waals surface area contributed by atoms with Gasteiger partial charge in [-0.25, -0.2) is 62.9 Å². The van der Waals surface area contributed by atoms with Gasteiger partial charge in [0.15, 0.2) is 58.2 Å². The molecule has 0 radical (unpaired) electrons. The van der Waals surface area contributed by atoms with Gasteiger partial charge in [0, 0.05) is 144 Å². The van der Waals surface area contributed by atoms with Crippen LogP contribution in [0.2, 0.25) is 25.1 Å². The molecule has 9 aromatic rings. The molecule has 38 heteroatoms. The van der Waals surface area contributed by atoms with Gasteiger partial charge >= 0.3 is 12.2 Å². The lowest BCUT2D eigenvalue weighted by Crippen LogP contribution is -2.44. The van der Waals surface area contributed by atoms with Crippen LogP contribution < -0.4 is 41.7 Å². The summed E-state index contributed by atoms with van der Waals surface area (Å²) >= 11 is 30.1. The van der Waals surface area contributed by atoms with Crippen molar-refractivity contribution in [3.8, 4) is 34.1 Å². The molecule has 788 valence electrons. The van der Waals surface area contributed by atoms with E-state index in [1.54, 1.807) is 38.7 Å². The highest BCUT2D eigenvalue weighted by molar-refractivity contribution is 9.10. The molecular weight excluding hydrogens is 2060 g/mol. The van der Waals surface area contributed by atoms with Crippen molar-refractivity contribution in [2.75, 3.05) is 58.1 Å². The summed E-state index contributed by atoms with van der Waals surface area (Å²) in [6, 6.07) is 21.5. The number of phenolic OH excluding ortho intramolecular Hbond substituents is 1. The SMILES string of the molecule is CC(C)(C)OC(=O)N1CCC(O)CC1.CC(C)(C)OC(=O)N1CCC(Oc2cc(F)c(F)c(Cl)c2)CC1.Cc1c(C)c(C)c(P(C(C)(C)C)C(C)(C)C)c(-c2c(C(C)C)cc(C(C)C)cc2C(C)C)c1C.Cn1nc(CC(=O)N2CCC(Oc3cc(F)c(F)c(Cl)c3)CC2)ccc1=O.Cn1nc(N)ccc1=O.Fc1cc(Br)cc(Cl)c1F.Fc1cc(OC2CCNCC2)cc(Cl)c1F.Oc1cc(F)c(F)c(Cl)c1. The summed E-state index contributed by atoms with van der Waals surface area (Å²) in [5, 5.41) is 29.4. The Labute approximate surface area is 867 Å². The van der Waals surface area contributed by atoms with Crippen LogP contribution in [0.15, 0.2) is 111 Å². The van der Waals surface area contributed by atoms with Gasteiger partial charge in [0.05, 0.1) is 43.3 Å². The van der Waals surface area contributed by atoms with E-state index in [1.165, 1.54) is 103 Å². The number of carbonyl (C=O) groups is 3. The average Bonchev–Trinajstić information content (AvgIpc) is 0.724. The number of halogens is 16. The van der Waals surface area contributed by atoms with Crippen molar-refractivity contribution in [3.05, 3.63) is 250 Å². The Kier molecular flexibility index (Phi) is 46.7. The molecule has 0 saturated carbocycles. The number of carbonyl (C=O) groups excluding carboxylic acids is 3. The molecule has 6 heterocycles. The second-order valence-corrected chi connectivity index (χ2v) is 46.6. The third-order valence-electron chi connectivity index (χ3n) is 22.9. The fourth-order valence-electron chi connectivity index (χ4n) is 15.7. The predicted octanol–water partition coefficient (Wildman–Crippen LogP) is 26.6. The van der Waals surface area contributed by atoms with Gasteiger partial charge < -0.3 is 59.6 Å². The Morgan fingerprint density at radius 2 is 0.811 bits per heavy atom. The highest BCUT2D eigenvalue weighted by Gasteiger charge is 2.41. The molecule has 4 aliphatic heterocycles. The number of aryl methyl sites for hydroxylation is 2. The fourth-order valence-corrected chi connectivity index (χ4v) is 21.6. The number of likely N-dealkylation sites (tertiary alicyclic amines) is 3. The van der Waals surface area contributed by atoms with Gasteiger partial charge in [0.25, 0.3) is 11.1 Å². The van der Waals surface area contributed by atoms with Gasteiger partial charge in [-0.05, 0) is 216 Å². The molecule has 3 amide bonds. The van der Waals surface area contributed by atoms with Gasteiger partial charge in [-0.2, -0.15) is 10.2 Å². The molecule has 0 unspecified atom stereocenters. The summed E-state index contributed by atoms with van der Waals surface area (Å²) in [6.07, 6.45) is 4.16. The lowest BCUT2D eigenvalue weighted by atomic mass is 9.79. The Hall–Kier alpha value is -9.11. The van der Waals surface area contributed by atoms with Crippen LogP contribution in [0, 0.1) is 85.9 Å². The number of aliphatic hydroxyl groups excluding tert-OH is 1. The van der Waals surface area contributed by atoms with Crippen LogP contribution >= 0.6 is 81.9 Å². The first-order valence-electron chi connectivity index (χ1n) is 46.9. The summed E-state index contributed by atoms with van der Waals surface area (Å²) in [4.78, 5) is 62.8. The number of ether oxygens (including phenoxy) is 5. The van der Waals surface area contributed by atoms with E-state index in [4.69, 9.17) is 92.5 Å². The second-order valence-electron chi connectivity index (χ2n) is 39.9. The molecule has 143 heavy (non-hydrogen) atoms. The van der Waals surface area contributed by atoms with Crippen molar-refractivity contribution in [2.24, 2.45) is 14.1 Å². The third kappa shape index (κ3) is 38.0. The first-order chi connectivity index (χ1) is 66.3. The van der Waals surface area contributed by atoms with E-state index in [0.29, 0.717) is 118 Å². The minimum atomic E-state index is -1.15. The van der Waals surface area contributed by atoms with Gasteiger partial charge in [-0.15, -0.1) is 0 Å². The number of nitrogens with zero attached hydrogens (tertiary/aromatic N) is 7. The van der Waals surface area contributed by atoms with E-state index in [0.717, 1.165) is 56.3 Å². The molecule has 4 aliphatic rings. The maximum Gasteiger partial charge on any atom is 0.410 e. The third-order valence-corrected chi connectivity index (χ3v) is 28.4. The number of nitrogens with two attached hydrogens (primary N) is 1. The normalized spacial score (nSPS) is 14.5. The van der Waals surface area contributed by atoms with Gasteiger partial charge in [0.2, 0.25) is 5.91 Å². The molecule has 13 rings (SSSR count). The monoisotopic (exact) mass is 2190 g/mol. The van der Waals surface area contributed by atoms with Crippen LogP contribution in [-0.4, -0.2) is 161 Å². The molecule has 0 spiro atoms. The molecule has 0 aliphatic carbocycles. The minimum absolute atomic E-state index is 0.0437. The van der Waals surface area contributed by atoms with Crippen LogP contribution in [0.1, 0.15) is 238 Å². The Morgan fingerprint density at radius 1 is 0.462 bits per heavy atom. The van der Waals surface area contributed by atoms with Gasteiger partial charge in [-0.1, -0.05) is 177 Å². The molecule has 2 aromatic heterocycles. The maximum atomic E-state index is 13.4. The zero-order valence-electron chi connectivity index (χ0n) is 85.5. The van der Waals surface area contributed by atoms with Crippen LogP contribution in [0.5, 0.6) is 23.0 Å². The first-order valence-corrected chi connectivity index (χ1v) is 50.9. The standard InChI is InChI=1S/C33H53P.C18H18ClF2N3O3.C16H20ClF2NO3.C11H12ClF2NO.C10H19NO3.C6H2BrClF2.C6H3ClF2O.C5H7N3O/c1-19(2)26-17-27(20(3)4)30(28(18-26)21(5)6)29-24(9)22(7)23(8)25(10)31(29)34(32(11,12)13)33(14,15)16;1-23-16(25)3-2-11(22-23)8-17(26)24-6-4-12(5-7-24)27-13-9-14(19)18(21)15(20)10-13;1-16(2,3)23-15(21)20-6-4-10(5-7-20)22-11-8-12(17)14(19)13(18)9-11;12-9-5-8(6-10(13)11(9)14)16-7-1-3-15-4-2-7;1-10(2,3)14-9(13)11-6-4-8(12)5-7-11;7-3-1-4(8)6(10)5(9)2-3;7-4-1-3(10)2-5(8)6(4)9;1-8-5(9)3-2-4(6)7-8/h17-21H,1-16H3;2-3,9-10,12H,4-8H2,1H3;8-10H,4-7H2,1-3H3;5-7,15H,1-4H2;8,12H,4-7H2,1-3H3;1-2H;1-2,10H;2-3H,1H3,(H2,6,7). The van der Waals surface area contributed by atoms with Crippen molar-refractivity contribution in [3.63, 3.8) is 0 Å². The highest BCUT2D eigenvalue weighted by Crippen LogP contribution is 2.61. The van der Waals surface area contributed by atoms with Gasteiger partial charge in [0.1, 0.15) is 58.3 Å². The topological polar surface area (TPSA) is 255 Å². The van der Waals surface area contributed by atoms with Crippen molar-refractivity contribution < 1.29 is 92.2 Å². The fraction of sp³-hybridized carbons (Fsp3) is 0.495. The number of anilines is 1. The Morgan fingerprint density at radius 3 is 1.16 bits per heavy atom. The van der Waals surface area contributed by atoms with E-state index in [9.17, 15) is 73.0 Å².